The molecule has 0 unspecified atom stereocenters. The molecule has 2 N–H and O–H groups in total. The Morgan fingerprint density at radius 3 is 2.63 bits per heavy atom. The minimum absolute atomic E-state index is 0.0769. The number of rotatable bonds is 2. The zero-order chi connectivity index (χ0) is 13.5. The van der Waals surface area contributed by atoms with E-state index in [4.69, 9.17) is 15.2 Å². The molecule has 7 heteroatoms. The van der Waals surface area contributed by atoms with Crippen LogP contribution >= 0.6 is 0 Å². The first-order valence-corrected chi connectivity index (χ1v) is 7.67. The van der Waals surface area contributed by atoms with Crippen LogP contribution in [0.4, 0.5) is 0 Å². The van der Waals surface area contributed by atoms with Crippen molar-refractivity contribution in [1.29, 1.82) is 0 Å². The molecule has 0 aromatic heterocycles. The number of nitrogens with zero attached hydrogens (tertiary/aromatic N) is 1. The highest BCUT2D eigenvalue weighted by molar-refractivity contribution is 7.89. The van der Waals surface area contributed by atoms with Gasteiger partial charge < -0.3 is 15.2 Å². The molecule has 0 bridgehead atoms. The topological polar surface area (TPSA) is 81.9 Å². The minimum atomic E-state index is -3.49. The van der Waals surface area contributed by atoms with Crippen LogP contribution < -0.4 is 15.2 Å². The molecule has 2 aliphatic heterocycles. The number of nitrogens with two attached hydrogens (primary N) is 1. The van der Waals surface area contributed by atoms with Gasteiger partial charge >= 0.3 is 0 Å². The third kappa shape index (κ3) is 2.29. The summed E-state index contributed by atoms with van der Waals surface area (Å²) >= 11 is 0. The van der Waals surface area contributed by atoms with Gasteiger partial charge in [-0.25, -0.2) is 8.42 Å². The van der Waals surface area contributed by atoms with Crippen LogP contribution in [0.25, 0.3) is 0 Å². The van der Waals surface area contributed by atoms with Crippen LogP contribution in [0.3, 0.4) is 0 Å². The van der Waals surface area contributed by atoms with Gasteiger partial charge in [-0.3, -0.25) is 0 Å². The van der Waals surface area contributed by atoms with Crippen LogP contribution in [0.5, 0.6) is 11.5 Å². The predicted molar refractivity (Wildman–Crippen MR) is 68.8 cm³/mol. The summed E-state index contributed by atoms with van der Waals surface area (Å²) in [5, 5.41) is 0. The van der Waals surface area contributed by atoms with E-state index in [-0.39, 0.29) is 10.9 Å². The summed E-state index contributed by atoms with van der Waals surface area (Å²) in [5.41, 5.74) is 5.76. The molecule has 0 radical (unpaired) electrons. The van der Waals surface area contributed by atoms with Gasteiger partial charge in [0.1, 0.15) is 13.2 Å². The fraction of sp³-hybridized carbons (Fsp3) is 0.500. The molecule has 2 aliphatic rings. The van der Waals surface area contributed by atoms with Crippen molar-refractivity contribution in [2.24, 2.45) is 5.73 Å². The highest BCUT2D eigenvalue weighted by atomic mass is 32.2. The lowest BCUT2D eigenvalue weighted by Crippen LogP contribution is -2.32. The molecule has 1 saturated heterocycles. The average Bonchev–Trinajstić information content (AvgIpc) is 2.85. The third-order valence-corrected chi connectivity index (χ3v) is 5.20. The second kappa shape index (κ2) is 4.66. The van der Waals surface area contributed by atoms with Gasteiger partial charge in [0.15, 0.2) is 11.5 Å². The van der Waals surface area contributed by atoms with E-state index >= 15 is 0 Å². The van der Waals surface area contributed by atoms with Gasteiger partial charge in [-0.1, -0.05) is 0 Å². The molecule has 2 heterocycles. The number of ether oxygens (including phenoxy) is 2. The monoisotopic (exact) mass is 284 g/mol. The molecule has 0 saturated carbocycles. The first kappa shape index (κ1) is 12.7. The normalized spacial score (nSPS) is 23.5. The highest BCUT2D eigenvalue weighted by Gasteiger charge is 2.31. The zero-order valence-electron chi connectivity index (χ0n) is 10.4. The molecule has 104 valence electrons. The van der Waals surface area contributed by atoms with Crippen molar-refractivity contribution in [3.63, 3.8) is 0 Å². The molecule has 0 aliphatic carbocycles. The number of fused-ring (bicyclic) bond motifs is 1. The lowest BCUT2D eigenvalue weighted by Gasteiger charge is -2.20. The van der Waals surface area contributed by atoms with E-state index in [1.54, 1.807) is 12.1 Å². The number of hydrogen-bond acceptors (Lipinski definition) is 5. The maximum Gasteiger partial charge on any atom is 0.243 e. The first-order chi connectivity index (χ1) is 9.07. The van der Waals surface area contributed by atoms with Gasteiger partial charge in [0.05, 0.1) is 4.90 Å². The summed E-state index contributed by atoms with van der Waals surface area (Å²) in [6.45, 7) is 1.76. The molecule has 0 amide bonds. The predicted octanol–water partition coefficient (Wildman–Crippen LogP) is 0.179. The van der Waals surface area contributed by atoms with Crippen LogP contribution in [0, 0.1) is 0 Å². The van der Waals surface area contributed by atoms with E-state index in [1.165, 1.54) is 10.4 Å². The molecule has 1 fully saturated rings. The van der Waals surface area contributed by atoms with Crippen LogP contribution in [0.2, 0.25) is 0 Å². The molecule has 3 rings (SSSR count). The van der Waals surface area contributed by atoms with Gasteiger partial charge in [-0.2, -0.15) is 4.31 Å². The molecule has 0 spiro atoms. The minimum Gasteiger partial charge on any atom is -0.486 e. The Balaban J connectivity index is 1.93. The van der Waals surface area contributed by atoms with E-state index in [2.05, 4.69) is 0 Å². The Bertz CT molecular complexity index is 587. The van der Waals surface area contributed by atoms with Gasteiger partial charge in [-0.15, -0.1) is 0 Å². The second-order valence-electron chi connectivity index (χ2n) is 4.72. The number of sulfonamides is 1. The van der Waals surface area contributed by atoms with Crippen molar-refractivity contribution in [2.75, 3.05) is 26.3 Å². The molecule has 6 nitrogen and oxygen atoms in total. The maximum atomic E-state index is 12.4. The quantitative estimate of drug-likeness (QED) is 0.837. The van der Waals surface area contributed by atoms with Crippen LogP contribution in [-0.2, 0) is 10.0 Å². The van der Waals surface area contributed by atoms with E-state index in [0.717, 1.165) is 0 Å². The third-order valence-electron chi connectivity index (χ3n) is 3.34. The Labute approximate surface area is 112 Å². The Hall–Kier alpha value is -1.31. The van der Waals surface area contributed by atoms with E-state index < -0.39 is 10.0 Å². The largest absolute Gasteiger partial charge is 0.486 e. The van der Waals surface area contributed by atoms with Crippen LogP contribution in [-0.4, -0.2) is 45.1 Å². The lowest BCUT2D eigenvalue weighted by molar-refractivity contribution is 0.171. The summed E-state index contributed by atoms with van der Waals surface area (Å²) < 4.78 is 37.1. The van der Waals surface area contributed by atoms with Crippen molar-refractivity contribution in [1.82, 2.24) is 4.31 Å². The average molecular weight is 284 g/mol. The molecule has 1 aromatic carbocycles. The van der Waals surface area contributed by atoms with Gasteiger partial charge in [0, 0.05) is 25.2 Å². The highest BCUT2D eigenvalue weighted by Crippen LogP contribution is 2.33. The lowest BCUT2D eigenvalue weighted by atomic mass is 10.3. The molecule has 19 heavy (non-hydrogen) atoms. The first-order valence-electron chi connectivity index (χ1n) is 6.23. The number of hydrogen-bond donors (Lipinski definition) is 1. The van der Waals surface area contributed by atoms with Crippen molar-refractivity contribution in [2.45, 2.75) is 17.4 Å². The second-order valence-corrected chi connectivity index (χ2v) is 6.66. The van der Waals surface area contributed by atoms with Crippen molar-refractivity contribution >= 4 is 10.0 Å². The Morgan fingerprint density at radius 1 is 1.21 bits per heavy atom. The maximum absolute atomic E-state index is 12.4. The van der Waals surface area contributed by atoms with Gasteiger partial charge in [-0.05, 0) is 18.6 Å². The van der Waals surface area contributed by atoms with Crippen LogP contribution in [0.15, 0.2) is 23.1 Å². The van der Waals surface area contributed by atoms with Gasteiger partial charge in [0.2, 0.25) is 10.0 Å². The fourth-order valence-electron chi connectivity index (χ4n) is 2.31. The van der Waals surface area contributed by atoms with Crippen molar-refractivity contribution in [3.8, 4) is 11.5 Å². The summed E-state index contributed by atoms with van der Waals surface area (Å²) in [4.78, 5) is 0.228. The fourth-order valence-corrected chi connectivity index (χ4v) is 3.83. The summed E-state index contributed by atoms with van der Waals surface area (Å²) in [6, 6.07) is 4.63. The van der Waals surface area contributed by atoms with E-state index in [1.807, 2.05) is 0 Å². The standard InChI is InChI=1S/C12H16N2O4S/c13-9-3-4-14(8-9)19(15,16)10-1-2-11-12(7-10)18-6-5-17-11/h1-2,7,9H,3-6,8,13H2/t9-/m0/s1. The molecular weight excluding hydrogens is 268 g/mol. The molecule has 1 atom stereocenters. The molecule has 1 aromatic rings. The molecular formula is C12H16N2O4S. The van der Waals surface area contributed by atoms with E-state index in [9.17, 15) is 8.42 Å². The zero-order valence-corrected chi connectivity index (χ0v) is 11.2. The van der Waals surface area contributed by atoms with E-state index in [0.29, 0.717) is 44.2 Å². The number of benzene rings is 1. The Morgan fingerprint density at radius 2 is 1.95 bits per heavy atom. The van der Waals surface area contributed by atoms with Crippen molar-refractivity contribution in [3.05, 3.63) is 18.2 Å². The summed E-state index contributed by atoms with van der Waals surface area (Å²) in [7, 11) is -3.49. The van der Waals surface area contributed by atoms with Gasteiger partial charge in [0.25, 0.3) is 0 Å². The smallest absolute Gasteiger partial charge is 0.243 e. The Kier molecular flexibility index (Phi) is 3.12. The van der Waals surface area contributed by atoms with Crippen LogP contribution in [0.1, 0.15) is 6.42 Å². The van der Waals surface area contributed by atoms with Crippen molar-refractivity contribution < 1.29 is 17.9 Å². The summed E-state index contributed by atoms with van der Waals surface area (Å²) in [6.07, 6.45) is 0.698. The summed E-state index contributed by atoms with van der Waals surface area (Å²) in [5.74, 6) is 1.07. The SMILES string of the molecule is N[C@H]1CCN(S(=O)(=O)c2ccc3c(c2)OCCO3)C1.